The fourth-order valence-corrected chi connectivity index (χ4v) is 2.92. The third-order valence-corrected chi connectivity index (χ3v) is 4.34. The van der Waals surface area contributed by atoms with Crippen molar-refractivity contribution < 1.29 is 9.47 Å². The van der Waals surface area contributed by atoms with Gasteiger partial charge < -0.3 is 20.1 Å². The molecule has 1 atom stereocenters. The molecule has 2 rings (SSSR count). The summed E-state index contributed by atoms with van der Waals surface area (Å²) in [6.45, 7) is 8.11. The normalized spacial score (nSPS) is 12.5. The number of ether oxygens (including phenoxy) is 2. The summed E-state index contributed by atoms with van der Waals surface area (Å²) < 4.78 is 13.2. The van der Waals surface area contributed by atoms with E-state index in [2.05, 4.69) is 39.9 Å². The number of guanidine groups is 1. The van der Waals surface area contributed by atoms with Crippen LogP contribution in [-0.4, -0.2) is 42.5 Å². The number of aryl methyl sites for hydroxylation is 2. The highest BCUT2D eigenvalue weighted by Gasteiger charge is 2.12. The predicted octanol–water partition coefficient (Wildman–Crippen LogP) is 3.08. The second kappa shape index (κ2) is 11.2. The zero-order chi connectivity index (χ0) is 20.4. The Morgan fingerprint density at radius 1 is 1.21 bits per heavy atom. The van der Waals surface area contributed by atoms with Gasteiger partial charge in [-0.05, 0) is 56.9 Å². The minimum atomic E-state index is 0.0828. The van der Waals surface area contributed by atoms with Crippen LogP contribution < -0.4 is 20.1 Å². The number of benzene rings is 1. The fraction of sp³-hybridized carbons (Fsp3) is 0.524. The van der Waals surface area contributed by atoms with Gasteiger partial charge in [-0.25, -0.2) is 0 Å². The van der Waals surface area contributed by atoms with Crippen molar-refractivity contribution >= 4 is 5.96 Å². The van der Waals surface area contributed by atoms with Crippen molar-refractivity contribution in [1.82, 2.24) is 20.4 Å². The molecule has 1 aromatic carbocycles. The summed E-state index contributed by atoms with van der Waals surface area (Å²) in [7, 11) is 3.72. The zero-order valence-corrected chi connectivity index (χ0v) is 17.7. The first kappa shape index (κ1) is 21.6. The van der Waals surface area contributed by atoms with Gasteiger partial charge in [0.1, 0.15) is 0 Å². The molecule has 7 heteroatoms. The molecule has 0 amide bonds. The third-order valence-electron chi connectivity index (χ3n) is 4.34. The Hall–Kier alpha value is -2.70. The first-order valence-corrected chi connectivity index (χ1v) is 9.91. The van der Waals surface area contributed by atoms with Gasteiger partial charge in [0, 0.05) is 26.8 Å². The van der Waals surface area contributed by atoms with Crippen molar-refractivity contribution in [2.45, 2.75) is 39.7 Å². The van der Waals surface area contributed by atoms with Gasteiger partial charge >= 0.3 is 0 Å². The molecule has 2 aromatic rings. The maximum absolute atomic E-state index is 5.73. The number of hydrogen-bond acceptors (Lipinski definition) is 4. The van der Waals surface area contributed by atoms with E-state index in [1.54, 1.807) is 7.05 Å². The highest BCUT2D eigenvalue weighted by molar-refractivity contribution is 5.80. The monoisotopic (exact) mass is 387 g/mol. The minimum absolute atomic E-state index is 0.0828. The van der Waals surface area contributed by atoms with Crippen LogP contribution in [0.3, 0.4) is 0 Å². The van der Waals surface area contributed by atoms with Gasteiger partial charge in [-0.2, -0.15) is 5.10 Å². The average molecular weight is 388 g/mol. The zero-order valence-electron chi connectivity index (χ0n) is 17.7. The Kier molecular flexibility index (Phi) is 8.65. The molecule has 0 spiro atoms. The molecule has 1 aromatic heterocycles. The SMILES string of the molecule is CCOc1ccc(C(C)NC(=NC)NCCCc2cnn(C)c2)cc1OCC. The number of rotatable bonds is 10. The van der Waals surface area contributed by atoms with E-state index in [-0.39, 0.29) is 6.04 Å². The lowest BCUT2D eigenvalue weighted by molar-refractivity contribution is 0.287. The Morgan fingerprint density at radius 2 is 1.96 bits per heavy atom. The summed E-state index contributed by atoms with van der Waals surface area (Å²) in [5, 5.41) is 11.0. The summed E-state index contributed by atoms with van der Waals surface area (Å²) >= 11 is 0. The Balaban J connectivity index is 1.88. The molecule has 0 aliphatic rings. The summed E-state index contributed by atoms with van der Waals surface area (Å²) in [4.78, 5) is 4.33. The van der Waals surface area contributed by atoms with Crippen molar-refractivity contribution in [2.75, 3.05) is 26.8 Å². The van der Waals surface area contributed by atoms with Crippen molar-refractivity contribution in [3.63, 3.8) is 0 Å². The Morgan fingerprint density at radius 3 is 2.61 bits per heavy atom. The molecule has 0 fully saturated rings. The lowest BCUT2D eigenvalue weighted by Gasteiger charge is -2.20. The number of aromatic nitrogens is 2. The average Bonchev–Trinajstić information content (AvgIpc) is 3.11. The molecular weight excluding hydrogens is 354 g/mol. The maximum atomic E-state index is 5.73. The first-order valence-electron chi connectivity index (χ1n) is 9.91. The summed E-state index contributed by atoms with van der Waals surface area (Å²) in [6.07, 6.45) is 5.97. The van der Waals surface area contributed by atoms with Crippen LogP contribution in [-0.2, 0) is 13.5 Å². The van der Waals surface area contributed by atoms with E-state index in [9.17, 15) is 0 Å². The van der Waals surface area contributed by atoms with Crippen LogP contribution in [0.25, 0.3) is 0 Å². The van der Waals surface area contributed by atoms with E-state index < -0.39 is 0 Å². The van der Waals surface area contributed by atoms with Crippen LogP contribution in [0.15, 0.2) is 35.6 Å². The molecule has 1 unspecified atom stereocenters. The molecule has 0 saturated carbocycles. The summed E-state index contributed by atoms with van der Waals surface area (Å²) in [6, 6.07) is 6.13. The fourth-order valence-electron chi connectivity index (χ4n) is 2.92. The van der Waals surface area contributed by atoms with Gasteiger partial charge in [-0.15, -0.1) is 0 Å². The van der Waals surface area contributed by atoms with Gasteiger partial charge in [-0.1, -0.05) is 6.07 Å². The van der Waals surface area contributed by atoms with Crippen LogP contribution in [0.1, 0.15) is 44.4 Å². The molecule has 7 nitrogen and oxygen atoms in total. The second-order valence-corrected chi connectivity index (χ2v) is 6.56. The van der Waals surface area contributed by atoms with Crippen molar-refractivity contribution in [3.8, 4) is 11.5 Å². The van der Waals surface area contributed by atoms with E-state index in [1.807, 2.05) is 43.9 Å². The maximum Gasteiger partial charge on any atom is 0.191 e. The smallest absolute Gasteiger partial charge is 0.191 e. The Labute approximate surface area is 168 Å². The topological polar surface area (TPSA) is 72.7 Å². The molecular formula is C21H33N5O2. The van der Waals surface area contributed by atoms with E-state index in [4.69, 9.17) is 9.47 Å². The molecule has 1 heterocycles. The van der Waals surface area contributed by atoms with Crippen molar-refractivity contribution in [1.29, 1.82) is 0 Å². The van der Waals surface area contributed by atoms with E-state index in [0.29, 0.717) is 13.2 Å². The molecule has 0 aliphatic carbocycles. The third kappa shape index (κ3) is 6.48. The van der Waals surface area contributed by atoms with Crippen LogP contribution in [0, 0.1) is 0 Å². The summed E-state index contributed by atoms with van der Waals surface area (Å²) in [5.74, 6) is 2.33. The number of aliphatic imine (C=N–C) groups is 1. The van der Waals surface area contributed by atoms with E-state index >= 15 is 0 Å². The standard InChI is InChI=1S/C21H33N5O2/c1-6-27-19-11-10-18(13-20(19)28-7-2)16(3)25-21(22-4)23-12-8-9-17-14-24-26(5)15-17/h10-11,13-16H,6-9,12H2,1-5H3,(H2,22,23,25). The molecule has 0 saturated heterocycles. The predicted molar refractivity (Wildman–Crippen MR) is 113 cm³/mol. The number of nitrogens with one attached hydrogen (secondary N) is 2. The first-order chi connectivity index (χ1) is 13.6. The molecule has 28 heavy (non-hydrogen) atoms. The minimum Gasteiger partial charge on any atom is -0.490 e. The largest absolute Gasteiger partial charge is 0.490 e. The van der Waals surface area contributed by atoms with E-state index in [1.165, 1.54) is 5.56 Å². The van der Waals surface area contributed by atoms with E-state index in [0.717, 1.165) is 42.4 Å². The second-order valence-electron chi connectivity index (χ2n) is 6.56. The highest BCUT2D eigenvalue weighted by Crippen LogP contribution is 2.30. The van der Waals surface area contributed by atoms with Gasteiger partial charge in [-0.3, -0.25) is 9.67 Å². The number of nitrogens with zero attached hydrogens (tertiary/aromatic N) is 3. The van der Waals surface area contributed by atoms with Crippen LogP contribution in [0.5, 0.6) is 11.5 Å². The molecule has 2 N–H and O–H groups in total. The molecule has 154 valence electrons. The lowest BCUT2D eigenvalue weighted by Crippen LogP contribution is -2.39. The highest BCUT2D eigenvalue weighted by atomic mass is 16.5. The van der Waals surface area contributed by atoms with Gasteiger partial charge in [0.05, 0.1) is 25.5 Å². The van der Waals surface area contributed by atoms with Crippen molar-refractivity contribution in [3.05, 3.63) is 41.7 Å². The molecule has 0 aliphatic heterocycles. The van der Waals surface area contributed by atoms with Gasteiger partial charge in [0.15, 0.2) is 17.5 Å². The Bertz CT molecular complexity index is 757. The van der Waals surface area contributed by atoms with Gasteiger partial charge in [0.2, 0.25) is 0 Å². The quantitative estimate of drug-likeness (QED) is 0.372. The van der Waals surface area contributed by atoms with Crippen LogP contribution in [0.2, 0.25) is 0 Å². The molecule has 0 radical (unpaired) electrons. The van der Waals surface area contributed by atoms with Crippen LogP contribution >= 0.6 is 0 Å². The summed E-state index contributed by atoms with van der Waals surface area (Å²) in [5.41, 5.74) is 2.36. The van der Waals surface area contributed by atoms with Crippen LogP contribution in [0.4, 0.5) is 0 Å². The van der Waals surface area contributed by atoms with Crippen molar-refractivity contribution in [2.24, 2.45) is 12.0 Å². The number of hydrogen-bond donors (Lipinski definition) is 2. The molecule has 0 bridgehead atoms. The van der Waals surface area contributed by atoms with Gasteiger partial charge in [0.25, 0.3) is 0 Å². The lowest BCUT2D eigenvalue weighted by atomic mass is 10.1.